The smallest absolute Gasteiger partial charge is 0.222 e. The predicted molar refractivity (Wildman–Crippen MR) is 82.3 cm³/mol. The van der Waals surface area contributed by atoms with Crippen molar-refractivity contribution in [3.8, 4) is 0 Å². The second-order valence-electron chi connectivity index (χ2n) is 5.15. The Morgan fingerprint density at radius 2 is 1.63 bits per heavy atom. The minimum absolute atomic E-state index is 0.346. The van der Waals surface area contributed by atoms with Crippen LogP contribution in [0.25, 0.3) is 0 Å². The molecule has 0 amide bonds. The van der Waals surface area contributed by atoms with Crippen LogP contribution in [0, 0.1) is 6.92 Å². The van der Waals surface area contributed by atoms with Gasteiger partial charge in [0.15, 0.2) is 0 Å². The van der Waals surface area contributed by atoms with E-state index in [-0.39, 0.29) is 0 Å². The molecule has 108 valence electrons. The third kappa shape index (κ3) is 7.65. The van der Waals surface area contributed by atoms with Gasteiger partial charge in [0.1, 0.15) is 5.82 Å². The minimum Gasteiger partial charge on any atom is -0.370 e. The second kappa shape index (κ2) is 9.59. The van der Waals surface area contributed by atoms with Crippen LogP contribution in [-0.4, -0.2) is 16.5 Å². The molecule has 0 saturated carbocycles. The molecule has 1 aromatic rings. The van der Waals surface area contributed by atoms with Crippen LogP contribution >= 0.6 is 0 Å². The lowest BCUT2D eigenvalue weighted by molar-refractivity contribution is 0.581. The molecule has 0 radical (unpaired) electrons. The summed E-state index contributed by atoms with van der Waals surface area (Å²) in [6.07, 6.45) is 10.7. The average molecular weight is 264 g/mol. The molecule has 0 fully saturated rings. The third-order valence-electron chi connectivity index (χ3n) is 3.21. The van der Waals surface area contributed by atoms with Crippen molar-refractivity contribution in [1.29, 1.82) is 0 Å². The zero-order valence-corrected chi connectivity index (χ0v) is 12.4. The summed E-state index contributed by atoms with van der Waals surface area (Å²) in [5.74, 6) is 1.19. The highest BCUT2D eigenvalue weighted by Crippen LogP contribution is 2.10. The molecule has 1 aromatic heterocycles. The quantitative estimate of drug-likeness (QED) is 0.629. The molecule has 0 saturated heterocycles. The van der Waals surface area contributed by atoms with Gasteiger partial charge in [-0.3, -0.25) is 0 Å². The van der Waals surface area contributed by atoms with Gasteiger partial charge >= 0.3 is 0 Å². The number of unbranched alkanes of at least 4 members (excludes halogenated alkanes) is 7. The number of hydrogen-bond donors (Lipinski definition) is 2. The molecule has 0 aromatic carbocycles. The normalized spacial score (nSPS) is 10.6. The maximum Gasteiger partial charge on any atom is 0.222 e. The summed E-state index contributed by atoms with van der Waals surface area (Å²) in [6, 6.07) is 1.93. The molecule has 0 unspecified atom stereocenters. The minimum atomic E-state index is 0.346. The zero-order chi connectivity index (χ0) is 13.9. The van der Waals surface area contributed by atoms with Crippen LogP contribution in [0.5, 0.6) is 0 Å². The number of nitrogens with two attached hydrogens (primary N) is 1. The Balaban J connectivity index is 2.01. The topological polar surface area (TPSA) is 63.8 Å². The first-order valence-electron chi connectivity index (χ1n) is 7.57. The van der Waals surface area contributed by atoms with E-state index in [1.165, 1.54) is 51.4 Å². The van der Waals surface area contributed by atoms with E-state index in [9.17, 15) is 0 Å². The fraction of sp³-hybridized carbons (Fsp3) is 0.733. The van der Waals surface area contributed by atoms with Crippen molar-refractivity contribution >= 4 is 11.8 Å². The summed E-state index contributed by atoms with van der Waals surface area (Å²) < 4.78 is 0. The lowest BCUT2D eigenvalue weighted by atomic mass is 10.1. The summed E-state index contributed by atoms with van der Waals surface area (Å²) >= 11 is 0. The SMILES string of the molecule is CCCCCCCCCCNc1cc(C)nc(N)n1. The number of hydrogen-bond acceptors (Lipinski definition) is 4. The van der Waals surface area contributed by atoms with E-state index in [1.54, 1.807) is 0 Å². The summed E-state index contributed by atoms with van der Waals surface area (Å²) in [5.41, 5.74) is 6.52. The van der Waals surface area contributed by atoms with Crippen LogP contribution in [-0.2, 0) is 0 Å². The van der Waals surface area contributed by atoms with Crippen molar-refractivity contribution in [1.82, 2.24) is 9.97 Å². The molecular formula is C15H28N4. The van der Waals surface area contributed by atoms with Gasteiger partial charge in [0, 0.05) is 18.3 Å². The van der Waals surface area contributed by atoms with E-state index >= 15 is 0 Å². The first kappa shape index (κ1) is 15.7. The fourth-order valence-corrected chi connectivity index (χ4v) is 2.16. The molecule has 19 heavy (non-hydrogen) atoms. The first-order chi connectivity index (χ1) is 9.22. The van der Waals surface area contributed by atoms with E-state index in [1.807, 2.05) is 13.0 Å². The molecule has 4 nitrogen and oxygen atoms in total. The van der Waals surface area contributed by atoms with Gasteiger partial charge in [0.25, 0.3) is 0 Å². The Morgan fingerprint density at radius 1 is 1.00 bits per heavy atom. The fourth-order valence-electron chi connectivity index (χ4n) is 2.16. The average Bonchev–Trinajstić information content (AvgIpc) is 2.36. The van der Waals surface area contributed by atoms with Crippen LogP contribution < -0.4 is 11.1 Å². The lowest BCUT2D eigenvalue weighted by Gasteiger charge is -2.06. The van der Waals surface area contributed by atoms with Crippen LogP contribution in [0.15, 0.2) is 6.07 Å². The molecule has 1 rings (SSSR count). The van der Waals surface area contributed by atoms with Gasteiger partial charge in [-0.15, -0.1) is 0 Å². The molecule has 0 aliphatic carbocycles. The van der Waals surface area contributed by atoms with Gasteiger partial charge in [-0.25, -0.2) is 4.98 Å². The predicted octanol–water partition coefficient (Wildman–Crippen LogP) is 3.92. The molecule has 3 N–H and O–H groups in total. The standard InChI is InChI=1S/C15H28N4/c1-3-4-5-6-7-8-9-10-11-17-14-12-13(2)18-15(16)19-14/h12H,3-11H2,1-2H3,(H3,16,17,18,19). The molecule has 0 aliphatic heterocycles. The Bertz CT molecular complexity index is 332. The van der Waals surface area contributed by atoms with Crippen molar-refractivity contribution in [3.05, 3.63) is 11.8 Å². The number of nitrogen functional groups attached to an aromatic ring is 1. The van der Waals surface area contributed by atoms with Crippen molar-refractivity contribution in [3.63, 3.8) is 0 Å². The number of nitrogens with zero attached hydrogens (tertiary/aromatic N) is 2. The molecule has 4 heteroatoms. The van der Waals surface area contributed by atoms with Gasteiger partial charge in [0.05, 0.1) is 0 Å². The van der Waals surface area contributed by atoms with Crippen LogP contribution in [0.4, 0.5) is 11.8 Å². The number of rotatable bonds is 10. The molecule has 0 spiro atoms. The maximum absolute atomic E-state index is 5.61. The molecule has 0 atom stereocenters. The Hall–Kier alpha value is -1.32. The molecule has 1 heterocycles. The molecular weight excluding hydrogens is 236 g/mol. The molecule has 0 aliphatic rings. The summed E-state index contributed by atoms with van der Waals surface area (Å²) in [6.45, 7) is 5.15. The van der Waals surface area contributed by atoms with Crippen molar-refractivity contribution in [2.45, 2.75) is 65.2 Å². The van der Waals surface area contributed by atoms with Crippen molar-refractivity contribution in [2.24, 2.45) is 0 Å². The van der Waals surface area contributed by atoms with Crippen LogP contribution in [0.2, 0.25) is 0 Å². The van der Waals surface area contributed by atoms with E-state index in [0.29, 0.717) is 5.95 Å². The van der Waals surface area contributed by atoms with Crippen molar-refractivity contribution < 1.29 is 0 Å². The Kier molecular flexibility index (Phi) is 7.94. The largest absolute Gasteiger partial charge is 0.370 e. The maximum atomic E-state index is 5.61. The summed E-state index contributed by atoms with van der Waals surface area (Å²) in [4.78, 5) is 8.21. The van der Waals surface area contributed by atoms with Gasteiger partial charge in [-0.05, 0) is 13.3 Å². The Morgan fingerprint density at radius 3 is 2.26 bits per heavy atom. The monoisotopic (exact) mass is 264 g/mol. The highest BCUT2D eigenvalue weighted by molar-refractivity contribution is 5.39. The zero-order valence-electron chi connectivity index (χ0n) is 12.4. The second-order valence-corrected chi connectivity index (χ2v) is 5.15. The highest BCUT2D eigenvalue weighted by atomic mass is 15.1. The Labute approximate surface area is 117 Å². The molecule has 0 bridgehead atoms. The lowest BCUT2D eigenvalue weighted by Crippen LogP contribution is -2.06. The van der Waals surface area contributed by atoms with E-state index < -0.39 is 0 Å². The summed E-state index contributed by atoms with van der Waals surface area (Å²) in [7, 11) is 0. The third-order valence-corrected chi connectivity index (χ3v) is 3.21. The van der Waals surface area contributed by atoms with Crippen LogP contribution in [0.3, 0.4) is 0 Å². The number of anilines is 2. The highest BCUT2D eigenvalue weighted by Gasteiger charge is 1.98. The number of aromatic nitrogens is 2. The van der Waals surface area contributed by atoms with E-state index in [4.69, 9.17) is 5.73 Å². The summed E-state index contributed by atoms with van der Waals surface area (Å²) in [5, 5.41) is 3.31. The van der Waals surface area contributed by atoms with Gasteiger partial charge in [-0.1, -0.05) is 51.9 Å². The van der Waals surface area contributed by atoms with Gasteiger partial charge in [0.2, 0.25) is 5.95 Å². The van der Waals surface area contributed by atoms with Crippen molar-refractivity contribution in [2.75, 3.05) is 17.6 Å². The number of nitrogens with one attached hydrogen (secondary N) is 1. The van der Waals surface area contributed by atoms with E-state index in [0.717, 1.165) is 18.1 Å². The first-order valence-corrected chi connectivity index (χ1v) is 7.57. The van der Waals surface area contributed by atoms with Gasteiger partial charge < -0.3 is 11.1 Å². The van der Waals surface area contributed by atoms with Crippen LogP contribution in [0.1, 0.15) is 64.0 Å². The number of aryl methyl sites for hydroxylation is 1. The van der Waals surface area contributed by atoms with E-state index in [2.05, 4.69) is 22.2 Å². The van der Waals surface area contributed by atoms with Gasteiger partial charge in [-0.2, -0.15) is 4.98 Å².